The lowest BCUT2D eigenvalue weighted by Crippen LogP contribution is -2.27. The van der Waals surface area contributed by atoms with Gasteiger partial charge in [0.25, 0.3) is 5.91 Å². The molecule has 6 nitrogen and oxygen atoms in total. The van der Waals surface area contributed by atoms with Crippen LogP contribution in [0.15, 0.2) is 42.6 Å². The van der Waals surface area contributed by atoms with Crippen LogP contribution in [0, 0.1) is 5.92 Å². The first-order valence-electron chi connectivity index (χ1n) is 7.70. The van der Waals surface area contributed by atoms with Crippen molar-refractivity contribution >= 4 is 23.3 Å². The van der Waals surface area contributed by atoms with E-state index in [1.54, 1.807) is 36.5 Å². The largest absolute Gasteiger partial charge is 0.465 e. The molecule has 6 heteroatoms. The van der Waals surface area contributed by atoms with E-state index in [0.29, 0.717) is 35.1 Å². The molecule has 0 spiro atoms. The highest BCUT2D eigenvalue weighted by molar-refractivity contribution is 5.96. The number of benzene rings is 1. The molecule has 0 saturated heterocycles. The first-order chi connectivity index (χ1) is 11.5. The molecule has 0 bridgehead atoms. The number of nitrogens with one attached hydrogen (secondary N) is 2. The minimum absolute atomic E-state index is 0.204. The smallest absolute Gasteiger partial charge is 0.339 e. The lowest BCUT2D eigenvalue weighted by molar-refractivity contribution is 0.0601. The molecule has 0 aliphatic heterocycles. The summed E-state index contributed by atoms with van der Waals surface area (Å²) in [7, 11) is 1.34. The van der Waals surface area contributed by atoms with Gasteiger partial charge in [-0.3, -0.25) is 4.79 Å². The van der Waals surface area contributed by atoms with E-state index in [1.807, 2.05) is 19.9 Å². The summed E-state index contributed by atoms with van der Waals surface area (Å²) in [6.45, 7) is 4.66. The van der Waals surface area contributed by atoms with E-state index in [9.17, 15) is 9.59 Å². The fraction of sp³-hybridized carbons (Fsp3) is 0.278. The van der Waals surface area contributed by atoms with Gasteiger partial charge in [0.05, 0.1) is 30.2 Å². The molecule has 2 N–H and O–H groups in total. The predicted octanol–water partition coefficient (Wildman–Crippen LogP) is 3.00. The maximum atomic E-state index is 11.9. The van der Waals surface area contributed by atoms with Crippen LogP contribution in [0.2, 0.25) is 0 Å². The zero-order chi connectivity index (χ0) is 17.5. The highest BCUT2D eigenvalue weighted by Crippen LogP contribution is 2.21. The summed E-state index contributed by atoms with van der Waals surface area (Å²) in [6.07, 6.45) is 1.55. The average Bonchev–Trinajstić information content (AvgIpc) is 2.60. The molecule has 2 aromatic rings. The number of aromatic nitrogens is 1. The number of hydrogen-bond donors (Lipinski definition) is 2. The average molecular weight is 327 g/mol. The molecule has 24 heavy (non-hydrogen) atoms. The van der Waals surface area contributed by atoms with Crippen LogP contribution in [0.5, 0.6) is 0 Å². The lowest BCUT2D eigenvalue weighted by Gasteiger charge is -2.11. The van der Waals surface area contributed by atoms with Crippen molar-refractivity contribution in [3.05, 3.63) is 53.9 Å². The second-order valence-electron chi connectivity index (χ2n) is 5.70. The van der Waals surface area contributed by atoms with E-state index in [-0.39, 0.29) is 5.91 Å². The molecule has 0 radical (unpaired) electrons. The van der Waals surface area contributed by atoms with Gasteiger partial charge in [0.2, 0.25) is 0 Å². The third-order valence-corrected chi connectivity index (χ3v) is 3.28. The number of nitrogens with zero attached hydrogens (tertiary/aromatic N) is 1. The minimum atomic E-state index is -0.421. The number of anilines is 2. The number of pyridine rings is 1. The fourth-order valence-corrected chi connectivity index (χ4v) is 2.03. The predicted molar refractivity (Wildman–Crippen MR) is 92.5 cm³/mol. The number of hydrogen-bond acceptors (Lipinski definition) is 5. The van der Waals surface area contributed by atoms with E-state index in [1.165, 1.54) is 7.11 Å². The molecule has 0 fully saturated rings. The number of methoxy groups -OCH3 is 1. The van der Waals surface area contributed by atoms with E-state index in [0.717, 1.165) is 0 Å². The summed E-state index contributed by atoms with van der Waals surface area (Å²) in [5.41, 5.74) is 2.07. The number of para-hydroxylation sites is 1. The monoisotopic (exact) mass is 327 g/mol. The van der Waals surface area contributed by atoms with Crippen LogP contribution in [0.1, 0.15) is 34.7 Å². The number of ether oxygens (including phenoxy) is 1. The summed E-state index contributed by atoms with van der Waals surface area (Å²) >= 11 is 0. The molecule has 0 atom stereocenters. The maximum absolute atomic E-state index is 11.9. The Kier molecular flexibility index (Phi) is 5.89. The number of carbonyl (C=O) groups excluding carboxylic acids is 2. The molecule has 0 aliphatic carbocycles. The topological polar surface area (TPSA) is 80.3 Å². The molecular formula is C18H21N3O3. The van der Waals surface area contributed by atoms with Gasteiger partial charge in [-0.05, 0) is 30.2 Å². The summed E-state index contributed by atoms with van der Waals surface area (Å²) in [6, 6.07) is 10.4. The van der Waals surface area contributed by atoms with Crippen molar-refractivity contribution in [2.24, 2.45) is 5.92 Å². The quantitative estimate of drug-likeness (QED) is 0.797. The Bertz CT molecular complexity index is 712. The number of carbonyl (C=O) groups is 2. The number of amides is 1. The van der Waals surface area contributed by atoms with Crippen LogP contribution in [0.4, 0.5) is 11.4 Å². The van der Waals surface area contributed by atoms with Gasteiger partial charge < -0.3 is 15.4 Å². The van der Waals surface area contributed by atoms with Gasteiger partial charge in [0.15, 0.2) is 0 Å². The zero-order valence-corrected chi connectivity index (χ0v) is 14.0. The molecule has 1 aromatic heterocycles. The van der Waals surface area contributed by atoms with Crippen molar-refractivity contribution in [3.8, 4) is 0 Å². The molecule has 2 rings (SSSR count). The van der Waals surface area contributed by atoms with E-state index in [4.69, 9.17) is 4.74 Å². The normalized spacial score (nSPS) is 10.3. The summed E-state index contributed by atoms with van der Waals surface area (Å²) < 4.78 is 4.76. The van der Waals surface area contributed by atoms with Gasteiger partial charge in [-0.2, -0.15) is 0 Å². The third kappa shape index (κ3) is 4.55. The van der Waals surface area contributed by atoms with Crippen LogP contribution in [-0.2, 0) is 4.74 Å². The number of esters is 1. The Balaban J connectivity index is 2.10. The Morgan fingerprint density at radius 1 is 1.17 bits per heavy atom. The van der Waals surface area contributed by atoms with Crippen LogP contribution in [-0.4, -0.2) is 30.5 Å². The van der Waals surface area contributed by atoms with Crippen molar-refractivity contribution in [2.45, 2.75) is 13.8 Å². The highest BCUT2D eigenvalue weighted by Gasteiger charge is 2.12. The van der Waals surface area contributed by atoms with E-state index >= 15 is 0 Å². The maximum Gasteiger partial charge on any atom is 0.339 e. The van der Waals surface area contributed by atoms with Gasteiger partial charge in [-0.15, -0.1) is 0 Å². The van der Waals surface area contributed by atoms with Crippen molar-refractivity contribution < 1.29 is 14.3 Å². The standard InChI is InChI=1S/C18H21N3O3/c1-12(2)10-20-17(22)16-9-8-13(11-19-16)21-15-7-5-4-6-14(15)18(23)24-3/h4-9,11-12,21H,10H2,1-3H3,(H,20,22). The fourth-order valence-electron chi connectivity index (χ4n) is 2.03. The molecule has 1 aromatic carbocycles. The van der Waals surface area contributed by atoms with E-state index < -0.39 is 5.97 Å². The number of rotatable bonds is 6. The van der Waals surface area contributed by atoms with E-state index in [2.05, 4.69) is 15.6 Å². The van der Waals surface area contributed by atoms with Gasteiger partial charge >= 0.3 is 5.97 Å². The second-order valence-corrected chi connectivity index (χ2v) is 5.70. The summed E-state index contributed by atoms with van der Waals surface area (Å²) in [5.74, 6) is -0.245. The van der Waals surface area contributed by atoms with Crippen LogP contribution < -0.4 is 10.6 Å². The second kappa shape index (κ2) is 8.10. The van der Waals surface area contributed by atoms with Gasteiger partial charge in [0, 0.05) is 6.54 Å². The van der Waals surface area contributed by atoms with Crippen LogP contribution in [0.25, 0.3) is 0 Å². The SMILES string of the molecule is COC(=O)c1ccccc1Nc1ccc(C(=O)NCC(C)C)nc1. The Hall–Kier alpha value is -2.89. The minimum Gasteiger partial charge on any atom is -0.465 e. The molecule has 126 valence electrons. The summed E-state index contributed by atoms with van der Waals surface area (Å²) in [5, 5.41) is 5.93. The Labute approximate surface area is 141 Å². The van der Waals surface area contributed by atoms with Crippen molar-refractivity contribution in [1.82, 2.24) is 10.3 Å². The van der Waals surface area contributed by atoms with Gasteiger partial charge in [0.1, 0.15) is 5.69 Å². The van der Waals surface area contributed by atoms with Gasteiger partial charge in [-0.1, -0.05) is 26.0 Å². The van der Waals surface area contributed by atoms with Crippen molar-refractivity contribution in [1.29, 1.82) is 0 Å². The molecular weight excluding hydrogens is 306 g/mol. The summed E-state index contributed by atoms with van der Waals surface area (Å²) in [4.78, 5) is 27.9. The Morgan fingerprint density at radius 2 is 1.92 bits per heavy atom. The molecule has 0 saturated carbocycles. The van der Waals surface area contributed by atoms with Crippen LogP contribution >= 0.6 is 0 Å². The molecule has 1 amide bonds. The molecule has 1 heterocycles. The molecule has 0 unspecified atom stereocenters. The third-order valence-electron chi connectivity index (χ3n) is 3.28. The highest BCUT2D eigenvalue weighted by atomic mass is 16.5. The first-order valence-corrected chi connectivity index (χ1v) is 7.70. The van der Waals surface area contributed by atoms with Gasteiger partial charge in [-0.25, -0.2) is 9.78 Å². The zero-order valence-electron chi connectivity index (χ0n) is 14.0. The molecule has 0 aliphatic rings. The van der Waals surface area contributed by atoms with Crippen LogP contribution in [0.3, 0.4) is 0 Å². The van der Waals surface area contributed by atoms with Crippen molar-refractivity contribution in [3.63, 3.8) is 0 Å². The Morgan fingerprint density at radius 3 is 2.54 bits per heavy atom. The lowest BCUT2D eigenvalue weighted by atomic mass is 10.1. The first kappa shape index (κ1) is 17.5. The van der Waals surface area contributed by atoms with Crippen molar-refractivity contribution in [2.75, 3.05) is 19.0 Å².